The fourth-order valence-corrected chi connectivity index (χ4v) is 1.35. The molecule has 1 fully saturated rings. The summed E-state index contributed by atoms with van der Waals surface area (Å²) in [6, 6.07) is -0.232. The van der Waals surface area contributed by atoms with Crippen molar-refractivity contribution in [2.24, 2.45) is 5.92 Å². The van der Waals surface area contributed by atoms with Crippen molar-refractivity contribution in [3.63, 3.8) is 0 Å². The van der Waals surface area contributed by atoms with Gasteiger partial charge in [-0.25, -0.2) is 0 Å². The van der Waals surface area contributed by atoms with Crippen LogP contribution in [-0.4, -0.2) is 31.6 Å². The molecule has 1 N–H and O–H groups in total. The van der Waals surface area contributed by atoms with E-state index in [1.54, 1.807) is 6.92 Å². The maximum absolute atomic E-state index is 11.8. The maximum Gasteiger partial charge on any atom is 0.315 e. The molecule has 1 aliphatic heterocycles. The van der Waals surface area contributed by atoms with Gasteiger partial charge in [0.1, 0.15) is 0 Å². The lowest BCUT2D eigenvalue weighted by Gasteiger charge is -2.18. The van der Waals surface area contributed by atoms with Gasteiger partial charge < -0.3 is 10.1 Å². The minimum Gasteiger partial charge on any atom is -0.381 e. The third-order valence-corrected chi connectivity index (χ3v) is 2.24. The molecule has 0 aliphatic carbocycles. The number of halogens is 2. The molecule has 1 rings (SSSR count). The Bertz CT molecular complexity index is 181. The first-order valence-corrected chi connectivity index (χ1v) is 4.27. The molecule has 1 saturated heterocycles. The molecule has 0 bridgehead atoms. The van der Waals surface area contributed by atoms with Crippen LogP contribution in [0, 0.1) is 5.92 Å². The second-order valence-corrected chi connectivity index (χ2v) is 3.22. The highest BCUT2D eigenvalue weighted by Gasteiger charge is 2.25. The second kappa shape index (κ2) is 4.50. The van der Waals surface area contributed by atoms with E-state index in [9.17, 15) is 13.6 Å². The summed E-state index contributed by atoms with van der Waals surface area (Å²) in [5, 5.41) is 2.25. The molecule has 3 nitrogen and oxygen atoms in total. The average Bonchev–Trinajstić information content (AvgIpc) is 2.55. The average molecular weight is 193 g/mol. The van der Waals surface area contributed by atoms with Crippen molar-refractivity contribution in [2.75, 3.05) is 13.2 Å². The number of hydrogen-bond donors (Lipinski definition) is 1. The molecule has 0 aromatic carbocycles. The molecule has 0 aromatic heterocycles. The molecular formula is C8H13F2NO2. The Morgan fingerprint density at radius 2 is 2.31 bits per heavy atom. The maximum atomic E-state index is 11.8. The fourth-order valence-electron chi connectivity index (χ4n) is 1.35. The van der Waals surface area contributed by atoms with Gasteiger partial charge in [-0.05, 0) is 13.3 Å². The molecule has 1 heterocycles. The molecule has 0 saturated carbocycles. The van der Waals surface area contributed by atoms with Gasteiger partial charge >= 0.3 is 6.43 Å². The second-order valence-electron chi connectivity index (χ2n) is 3.22. The van der Waals surface area contributed by atoms with E-state index in [-0.39, 0.29) is 12.0 Å². The third kappa shape index (κ3) is 2.91. The molecule has 0 spiro atoms. The lowest BCUT2D eigenvalue weighted by Crippen LogP contribution is -2.41. The third-order valence-electron chi connectivity index (χ3n) is 2.24. The summed E-state index contributed by atoms with van der Waals surface area (Å²) in [7, 11) is 0. The first-order valence-electron chi connectivity index (χ1n) is 4.27. The quantitative estimate of drug-likeness (QED) is 0.719. The highest BCUT2D eigenvalue weighted by molar-refractivity contribution is 5.79. The van der Waals surface area contributed by atoms with Gasteiger partial charge in [-0.15, -0.1) is 0 Å². The van der Waals surface area contributed by atoms with Crippen LogP contribution in [0.2, 0.25) is 0 Å². The van der Waals surface area contributed by atoms with Crippen LogP contribution >= 0.6 is 0 Å². The van der Waals surface area contributed by atoms with Gasteiger partial charge in [0, 0.05) is 18.6 Å². The molecule has 76 valence electrons. The summed E-state index contributed by atoms with van der Waals surface area (Å²) in [6.45, 7) is 2.92. The number of nitrogens with one attached hydrogen (secondary N) is 1. The Hall–Kier alpha value is -0.710. The summed E-state index contributed by atoms with van der Waals surface area (Å²) in [5.41, 5.74) is 0. The van der Waals surface area contributed by atoms with Gasteiger partial charge in [-0.1, -0.05) is 0 Å². The van der Waals surface area contributed by atoms with Crippen molar-refractivity contribution in [1.82, 2.24) is 5.32 Å². The van der Waals surface area contributed by atoms with Gasteiger partial charge in [-0.2, -0.15) is 8.78 Å². The normalized spacial score (nSPS) is 24.8. The molecule has 2 atom stereocenters. The Balaban J connectivity index is 2.31. The van der Waals surface area contributed by atoms with Crippen LogP contribution in [0.4, 0.5) is 8.78 Å². The van der Waals surface area contributed by atoms with E-state index in [0.29, 0.717) is 13.2 Å². The molecular weight excluding hydrogens is 180 g/mol. The Kier molecular flexibility index (Phi) is 3.59. The van der Waals surface area contributed by atoms with Crippen molar-refractivity contribution in [3.05, 3.63) is 0 Å². The Morgan fingerprint density at radius 1 is 1.62 bits per heavy atom. The van der Waals surface area contributed by atoms with E-state index in [4.69, 9.17) is 4.74 Å². The summed E-state index contributed by atoms with van der Waals surface area (Å²) in [4.78, 5) is 10.6. The molecule has 0 aromatic rings. The smallest absolute Gasteiger partial charge is 0.315 e. The minimum atomic E-state index is -2.93. The summed E-state index contributed by atoms with van der Waals surface area (Å²) < 4.78 is 28.7. The molecule has 1 aliphatic rings. The number of carbonyl (C=O) groups is 1. The van der Waals surface area contributed by atoms with Gasteiger partial charge in [-0.3, -0.25) is 4.79 Å². The number of rotatable bonds is 3. The van der Waals surface area contributed by atoms with Crippen LogP contribution in [0.3, 0.4) is 0 Å². The van der Waals surface area contributed by atoms with Crippen molar-refractivity contribution >= 4 is 5.91 Å². The van der Waals surface area contributed by atoms with Gasteiger partial charge in [0.15, 0.2) is 0 Å². The van der Waals surface area contributed by atoms with E-state index < -0.39 is 12.3 Å². The monoisotopic (exact) mass is 193 g/mol. The first kappa shape index (κ1) is 10.4. The standard InChI is InChI=1S/C8H13F2NO2/c1-5(6-2-3-13-4-6)11-8(12)7(9)10/h5-7H,2-4H2,1H3,(H,11,12). The highest BCUT2D eigenvalue weighted by atomic mass is 19.3. The SMILES string of the molecule is CC(NC(=O)C(F)F)C1CCOC1. The molecule has 13 heavy (non-hydrogen) atoms. The number of carbonyl (C=O) groups excluding carboxylic acids is 1. The Morgan fingerprint density at radius 3 is 2.77 bits per heavy atom. The van der Waals surface area contributed by atoms with Crippen LogP contribution in [0.15, 0.2) is 0 Å². The fraction of sp³-hybridized carbons (Fsp3) is 0.875. The van der Waals surface area contributed by atoms with Crippen LogP contribution in [-0.2, 0) is 9.53 Å². The van der Waals surface area contributed by atoms with Crippen molar-refractivity contribution in [3.8, 4) is 0 Å². The van der Waals surface area contributed by atoms with Crippen LogP contribution in [0.1, 0.15) is 13.3 Å². The van der Waals surface area contributed by atoms with Crippen molar-refractivity contribution in [1.29, 1.82) is 0 Å². The molecule has 0 radical (unpaired) electrons. The van der Waals surface area contributed by atoms with Crippen molar-refractivity contribution in [2.45, 2.75) is 25.8 Å². The van der Waals surface area contributed by atoms with E-state index in [1.807, 2.05) is 0 Å². The zero-order chi connectivity index (χ0) is 9.84. The van der Waals surface area contributed by atoms with Gasteiger partial charge in [0.2, 0.25) is 0 Å². The lowest BCUT2D eigenvalue weighted by molar-refractivity contribution is -0.132. The largest absolute Gasteiger partial charge is 0.381 e. The summed E-state index contributed by atoms with van der Waals surface area (Å²) in [5.74, 6) is -1.03. The van der Waals surface area contributed by atoms with E-state index in [1.165, 1.54) is 0 Å². The van der Waals surface area contributed by atoms with E-state index in [0.717, 1.165) is 6.42 Å². The van der Waals surface area contributed by atoms with Crippen LogP contribution in [0.5, 0.6) is 0 Å². The van der Waals surface area contributed by atoms with Gasteiger partial charge in [0.05, 0.1) is 6.61 Å². The highest BCUT2D eigenvalue weighted by Crippen LogP contribution is 2.16. The van der Waals surface area contributed by atoms with Crippen molar-refractivity contribution < 1.29 is 18.3 Å². The zero-order valence-electron chi connectivity index (χ0n) is 7.43. The molecule has 5 heteroatoms. The van der Waals surface area contributed by atoms with Gasteiger partial charge in [0.25, 0.3) is 5.91 Å². The predicted octanol–water partition coefficient (Wildman–Crippen LogP) is 0.793. The number of ether oxygens (including phenoxy) is 1. The Labute approximate surface area is 75.4 Å². The molecule has 2 unspecified atom stereocenters. The molecule has 1 amide bonds. The number of amides is 1. The lowest BCUT2D eigenvalue weighted by atomic mass is 10.0. The number of hydrogen-bond acceptors (Lipinski definition) is 2. The summed E-state index contributed by atoms with van der Waals surface area (Å²) >= 11 is 0. The first-order chi connectivity index (χ1) is 6.11. The predicted molar refractivity (Wildman–Crippen MR) is 42.5 cm³/mol. The topological polar surface area (TPSA) is 38.3 Å². The van der Waals surface area contributed by atoms with Crippen LogP contribution in [0.25, 0.3) is 0 Å². The van der Waals surface area contributed by atoms with E-state index >= 15 is 0 Å². The van der Waals surface area contributed by atoms with E-state index in [2.05, 4.69) is 5.32 Å². The minimum absolute atomic E-state index is 0.169. The summed E-state index contributed by atoms with van der Waals surface area (Å²) in [6.07, 6.45) is -2.10. The zero-order valence-corrected chi connectivity index (χ0v) is 7.43. The number of alkyl halides is 2. The van der Waals surface area contributed by atoms with Crippen LogP contribution < -0.4 is 5.32 Å².